The lowest BCUT2D eigenvalue weighted by molar-refractivity contribution is 0.0998. The summed E-state index contributed by atoms with van der Waals surface area (Å²) in [5.74, 6) is 0.806. The van der Waals surface area contributed by atoms with Crippen LogP contribution in [0.15, 0.2) is 46.3 Å². The molecular weight excluding hydrogens is 404 g/mol. The average molecular weight is 431 g/mol. The fourth-order valence-corrected chi connectivity index (χ4v) is 5.24. The fourth-order valence-electron chi connectivity index (χ4n) is 2.91. The lowest BCUT2D eigenvalue weighted by Gasteiger charge is -2.06. The van der Waals surface area contributed by atoms with Gasteiger partial charge in [-0.15, -0.1) is 11.8 Å². The molecule has 0 spiro atoms. The first-order valence-corrected chi connectivity index (χ1v) is 12.4. The number of aromatic nitrogens is 1. The van der Waals surface area contributed by atoms with E-state index < -0.39 is 0 Å². The summed E-state index contributed by atoms with van der Waals surface area (Å²) in [5, 5.41) is 0.520. The van der Waals surface area contributed by atoms with Crippen molar-refractivity contribution in [2.75, 3.05) is 12.0 Å². The van der Waals surface area contributed by atoms with E-state index in [0.717, 1.165) is 22.6 Å². The first kappa shape index (κ1) is 21.2. The third-order valence-corrected chi connectivity index (χ3v) is 7.14. The number of hydrogen-bond donors (Lipinski definition) is 0. The highest BCUT2D eigenvalue weighted by Gasteiger charge is 2.11. The molecule has 0 atom stereocenters. The topological polar surface area (TPSA) is 34.4 Å². The van der Waals surface area contributed by atoms with Crippen LogP contribution in [-0.2, 0) is 6.54 Å². The van der Waals surface area contributed by atoms with Crippen LogP contribution >= 0.6 is 34.9 Å². The van der Waals surface area contributed by atoms with Crippen LogP contribution in [0.5, 0.6) is 0 Å². The highest BCUT2D eigenvalue weighted by atomic mass is 32.2. The Labute approximate surface area is 179 Å². The Hall–Kier alpha value is -1.50. The van der Waals surface area contributed by atoms with Gasteiger partial charge in [-0.1, -0.05) is 25.2 Å². The molecular formula is C22H26N2OS3. The predicted molar refractivity (Wildman–Crippen MR) is 125 cm³/mol. The van der Waals surface area contributed by atoms with Crippen LogP contribution in [0, 0.1) is 13.8 Å². The standard InChI is InChI=1S/C22H26N2OS3/c1-14(2)27-18-8-6-17(7-9-18)21(25)23-22-24(10-11-26-5)19-12-15(3)16(4)13-20(19)28-22/h6-9,12-14H,10-11H2,1-5H3. The second-order valence-corrected chi connectivity index (χ2v) is 10.7. The van der Waals surface area contributed by atoms with Crippen LogP contribution in [0.25, 0.3) is 10.2 Å². The maximum atomic E-state index is 12.8. The van der Waals surface area contributed by atoms with Crippen molar-refractivity contribution < 1.29 is 4.79 Å². The molecule has 6 heteroatoms. The van der Waals surface area contributed by atoms with E-state index >= 15 is 0 Å². The van der Waals surface area contributed by atoms with E-state index in [1.54, 1.807) is 34.9 Å². The third-order valence-electron chi connectivity index (χ3n) is 4.49. The van der Waals surface area contributed by atoms with Crippen LogP contribution in [0.1, 0.15) is 35.3 Å². The van der Waals surface area contributed by atoms with E-state index in [9.17, 15) is 4.79 Å². The number of amides is 1. The lowest BCUT2D eigenvalue weighted by Crippen LogP contribution is -2.18. The largest absolute Gasteiger partial charge is 0.315 e. The second-order valence-electron chi connectivity index (χ2n) is 7.04. The second kappa shape index (κ2) is 9.33. The maximum Gasteiger partial charge on any atom is 0.279 e. The van der Waals surface area contributed by atoms with E-state index in [4.69, 9.17) is 0 Å². The number of nitrogens with zero attached hydrogens (tertiary/aromatic N) is 2. The summed E-state index contributed by atoms with van der Waals surface area (Å²) >= 11 is 5.19. The average Bonchev–Trinajstić information content (AvgIpc) is 2.96. The molecule has 0 unspecified atom stereocenters. The molecule has 3 aromatic rings. The number of carbonyl (C=O) groups is 1. The number of thiazole rings is 1. The Balaban J connectivity index is 2.00. The van der Waals surface area contributed by atoms with Crippen molar-refractivity contribution in [1.29, 1.82) is 0 Å². The maximum absolute atomic E-state index is 12.8. The summed E-state index contributed by atoms with van der Waals surface area (Å²) in [5.41, 5.74) is 4.33. The van der Waals surface area contributed by atoms with Crippen molar-refractivity contribution in [3.8, 4) is 0 Å². The highest BCUT2D eigenvalue weighted by molar-refractivity contribution is 7.99. The molecule has 0 aliphatic heterocycles. The Morgan fingerprint density at radius 2 is 1.82 bits per heavy atom. The van der Waals surface area contributed by atoms with Gasteiger partial charge in [-0.2, -0.15) is 16.8 Å². The predicted octanol–water partition coefficient (Wildman–Crippen LogP) is 5.92. The normalized spacial score (nSPS) is 12.3. The minimum absolute atomic E-state index is 0.181. The van der Waals surface area contributed by atoms with E-state index in [-0.39, 0.29) is 5.91 Å². The molecule has 0 aliphatic rings. The van der Waals surface area contributed by atoms with Crippen LogP contribution in [0.2, 0.25) is 0 Å². The Morgan fingerprint density at radius 1 is 1.14 bits per heavy atom. The van der Waals surface area contributed by atoms with Crippen molar-refractivity contribution >= 4 is 51.0 Å². The van der Waals surface area contributed by atoms with E-state index in [1.807, 2.05) is 24.3 Å². The summed E-state index contributed by atoms with van der Waals surface area (Å²) in [6, 6.07) is 12.2. The molecule has 0 saturated carbocycles. The van der Waals surface area contributed by atoms with E-state index in [0.29, 0.717) is 10.8 Å². The van der Waals surface area contributed by atoms with Gasteiger partial charge < -0.3 is 4.57 Å². The number of thioether (sulfide) groups is 2. The monoisotopic (exact) mass is 430 g/mol. The molecule has 148 valence electrons. The van der Waals surface area contributed by atoms with Crippen molar-refractivity contribution in [2.24, 2.45) is 4.99 Å². The number of carbonyl (C=O) groups excluding carboxylic acids is 1. The molecule has 0 radical (unpaired) electrons. The smallest absolute Gasteiger partial charge is 0.279 e. The Bertz CT molecular complexity index is 1050. The zero-order valence-electron chi connectivity index (χ0n) is 17.0. The first-order valence-electron chi connectivity index (χ1n) is 9.34. The molecule has 0 N–H and O–H groups in total. The van der Waals surface area contributed by atoms with Gasteiger partial charge in [-0.3, -0.25) is 4.79 Å². The number of aryl methyl sites for hydroxylation is 3. The van der Waals surface area contributed by atoms with Crippen molar-refractivity contribution in [2.45, 2.75) is 44.4 Å². The molecule has 0 fully saturated rings. The van der Waals surface area contributed by atoms with Crippen molar-refractivity contribution in [1.82, 2.24) is 4.57 Å². The lowest BCUT2D eigenvalue weighted by atomic mass is 10.1. The summed E-state index contributed by atoms with van der Waals surface area (Å²) in [4.78, 5) is 19.2. The van der Waals surface area contributed by atoms with Gasteiger partial charge in [0.25, 0.3) is 5.91 Å². The molecule has 2 aromatic carbocycles. The molecule has 0 aliphatic carbocycles. The summed E-state index contributed by atoms with van der Waals surface area (Å²) < 4.78 is 3.36. The van der Waals surface area contributed by atoms with Gasteiger partial charge in [-0.25, -0.2) is 0 Å². The van der Waals surface area contributed by atoms with Crippen LogP contribution in [-0.4, -0.2) is 27.7 Å². The van der Waals surface area contributed by atoms with Crippen LogP contribution < -0.4 is 4.80 Å². The minimum atomic E-state index is -0.181. The number of fused-ring (bicyclic) bond motifs is 1. The van der Waals surface area contributed by atoms with E-state index in [2.05, 4.69) is 55.6 Å². The number of benzene rings is 2. The quantitative estimate of drug-likeness (QED) is 0.455. The minimum Gasteiger partial charge on any atom is -0.315 e. The highest BCUT2D eigenvalue weighted by Crippen LogP contribution is 2.24. The first-order chi connectivity index (χ1) is 13.4. The summed E-state index contributed by atoms with van der Waals surface area (Å²) in [6.07, 6.45) is 2.10. The summed E-state index contributed by atoms with van der Waals surface area (Å²) in [6.45, 7) is 9.43. The van der Waals surface area contributed by atoms with Gasteiger partial charge in [-0.05, 0) is 67.6 Å². The van der Waals surface area contributed by atoms with Gasteiger partial charge in [0, 0.05) is 28.0 Å². The van der Waals surface area contributed by atoms with Gasteiger partial charge in [0.2, 0.25) is 0 Å². The van der Waals surface area contributed by atoms with Gasteiger partial charge >= 0.3 is 0 Å². The van der Waals surface area contributed by atoms with Crippen molar-refractivity contribution in [3.63, 3.8) is 0 Å². The number of rotatable bonds is 6. The molecule has 0 saturated heterocycles. The molecule has 1 aromatic heterocycles. The van der Waals surface area contributed by atoms with Gasteiger partial charge in [0.1, 0.15) is 0 Å². The molecule has 3 rings (SSSR count). The Morgan fingerprint density at radius 3 is 2.46 bits per heavy atom. The van der Waals surface area contributed by atoms with Crippen molar-refractivity contribution in [3.05, 3.63) is 57.9 Å². The van der Waals surface area contributed by atoms with Crippen LogP contribution in [0.3, 0.4) is 0 Å². The van der Waals surface area contributed by atoms with Crippen LogP contribution in [0.4, 0.5) is 0 Å². The van der Waals surface area contributed by atoms with E-state index in [1.165, 1.54) is 20.7 Å². The fraction of sp³-hybridized carbons (Fsp3) is 0.364. The molecule has 3 nitrogen and oxygen atoms in total. The zero-order chi connectivity index (χ0) is 20.3. The Kier molecular flexibility index (Phi) is 7.07. The molecule has 1 heterocycles. The van der Waals surface area contributed by atoms with Gasteiger partial charge in [0.15, 0.2) is 4.80 Å². The zero-order valence-corrected chi connectivity index (χ0v) is 19.4. The SMILES string of the molecule is CSCCn1c(=NC(=O)c2ccc(SC(C)C)cc2)sc2cc(C)c(C)cc21. The molecule has 1 amide bonds. The number of hydrogen-bond acceptors (Lipinski definition) is 4. The molecule has 28 heavy (non-hydrogen) atoms. The van der Waals surface area contributed by atoms with Gasteiger partial charge in [0.05, 0.1) is 10.2 Å². The third kappa shape index (κ3) is 4.91. The summed E-state index contributed by atoms with van der Waals surface area (Å²) in [7, 11) is 0. The molecule has 0 bridgehead atoms.